The number of nitriles is 1. The smallest absolute Gasteiger partial charge is 0.242 e. The molecule has 6 nitrogen and oxygen atoms in total. The summed E-state index contributed by atoms with van der Waals surface area (Å²) in [5, 5.41) is 12.9. The maximum absolute atomic E-state index is 13.5. The molecule has 21 heavy (non-hydrogen) atoms. The molecular weight excluding hydrogens is 295 g/mol. The van der Waals surface area contributed by atoms with Crippen LogP contribution in [-0.4, -0.2) is 18.2 Å². The Balaban J connectivity index is 2.30. The summed E-state index contributed by atoms with van der Waals surface area (Å²) in [5.74, 6) is -0.863. The van der Waals surface area contributed by atoms with Crippen molar-refractivity contribution in [2.24, 2.45) is 7.05 Å². The minimum Gasteiger partial charge on any atom is -0.273 e. The lowest BCUT2D eigenvalue weighted by molar-refractivity contribution is 0.576. The first-order chi connectivity index (χ1) is 9.86. The first-order valence-corrected chi connectivity index (χ1v) is 7.51. The summed E-state index contributed by atoms with van der Waals surface area (Å²) in [4.78, 5) is -0.369. The summed E-state index contributed by atoms with van der Waals surface area (Å²) in [6, 6.07) is 5.06. The highest BCUT2D eigenvalue weighted by Gasteiger charge is 2.21. The molecule has 0 unspecified atom stereocenters. The number of benzene rings is 1. The molecule has 0 saturated heterocycles. The third kappa shape index (κ3) is 2.94. The molecule has 1 aromatic heterocycles. The van der Waals surface area contributed by atoms with E-state index >= 15 is 0 Å². The molecule has 2 aromatic rings. The molecule has 0 spiro atoms. The molecular formula is C13H13FN4O2S. The van der Waals surface area contributed by atoms with Crippen molar-refractivity contribution >= 4 is 10.0 Å². The van der Waals surface area contributed by atoms with Crippen LogP contribution in [0.4, 0.5) is 4.39 Å². The number of hydrogen-bond donors (Lipinski definition) is 1. The van der Waals surface area contributed by atoms with E-state index in [-0.39, 0.29) is 11.4 Å². The van der Waals surface area contributed by atoms with E-state index in [1.807, 2.05) is 0 Å². The molecule has 0 aliphatic heterocycles. The lowest BCUT2D eigenvalue weighted by Gasteiger charge is -2.08. The normalized spacial score (nSPS) is 11.3. The van der Waals surface area contributed by atoms with Crippen molar-refractivity contribution < 1.29 is 12.8 Å². The summed E-state index contributed by atoms with van der Waals surface area (Å²) < 4.78 is 41.8. The second kappa shape index (κ2) is 5.63. The number of aromatic nitrogens is 2. The van der Waals surface area contributed by atoms with Gasteiger partial charge in [-0.05, 0) is 19.1 Å². The fourth-order valence-electron chi connectivity index (χ4n) is 1.81. The zero-order valence-corrected chi connectivity index (χ0v) is 12.3. The van der Waals surface area contributed by atoms with Crippen LogP contribution in [0.15, 0.2) is 29.3 Å². The Morgan fingerprint density at radius 3 is 2.76 bits per heavy atom. The Labute approximate surface area is 121 Å². The van der Waals surface area contributed by atoms with Gasteiger partial charge in [0.1, 0.15) is 22.3 Å². The van der Waals surface area contributed by atoms with Crippen LogP contribution in [0.5, 0.6) is 0 Å². The number of rotatable bonds is 4. The third-order valence-corrected chi connectivity index (χ3v) is 4.61. The molecule has 0 aliphatic carbocycles. The van der Waals surface area contributed by atoms with Gasteiger partial charge in [0, 0.05) is 24.8 Å². The lowest BCUT2D eigenvalue weighted by Crippen LogP contribution is -2.24. The average Bonchev–Trinajstić information content (AvgIpc) is 2.76. The van der Waals surface area contributed by atoms with Crippen LogP contribution in [0.1, 0.15) is 16.8 Å². The predicted molar refractivity (Wildman–Crippen MR) is 73.1 cm³/mol. The highest BCUT2D eigenvalue weighted by atomic mass is 32.2. The molecule has 0 bridgehead atoms. The maximum Gasteiger partial charge on any atom is 0.242 e. The van der Waals surface area contributed by atoms with Crippen molar-refractivity contribution in [1.29, 1.82) is 5.26 Å². The largest absolute Gasteiger partial charge is 0.273 e. The minimum absolute atomic E-state index is 0.0173. The Kier molecular flexibility index (Phi) is 4.06. The van der Waals surface area contributed by atoms with Crippen molar-refractivity contribution in [2.45, 2.75) is 18.4 Å². The Morgan fingerprint density at radius 1 is 1.48 bits per heavy atom. The monoisotopic (exact) mass is 308 g/mol. The van der Waals surface area contributed by atoms with E-state index in [1.165, 1.54) is 12.1 Å². The van der Waals surface area contributed by atoms with Gasteiger partial charge >= 0.3 is 0 Å². The van der Waals surface area contributed by atoms with Gasteiger partial charge in [-0.1, -0.05) is 6.07 Å². The molecule has 1 N–H and O–H groups in total. The molecule has 1 aromatic carbocycles. The summed E-state index contributed by atoms with van der Waals surface area (Å²) in [6.45, 7) is 1.82. The van der Waals surface area contributed by atoms with Crippen LogP contribution < -0.4 is 4.72 Å². The van der Waals surface area contributed by atoms with Crippen LogP contribution in [0.2, 0.25) is 0 Å². The van der Waals surface area contributed by atoms with Crippen molar-refractivity contribution in [3.63, 3.8) is 0 Å². The van der Waals surface area contributed by atoms with Crippen LogP contribution >= 0.6 is 0 Å². The van der Waals surface area contributed by atoms with Gasteiger partial charge in [0.15, 0.2) is 0 Å². The molecule has 0 radical (unpaired) electrons. The highest BCUT2D eigenvalue weighted by Crippen LogP contribution is 2.18. The van der Waals surface area contributed by atoms with Gasteiger partial charge in [0.05, 0.1) is 6.20 Å². The molecule has 110 valence electrons. The second-order valence-corrected chi connectivity index (χ2v) is 6.16. The third-order valence-electron chi connectivity index (χ3n) is 3.17. The number of aryl methyl sites for hydroxylation is 1. The van der Waals surface area contributed by atoms with E-state index in [1.54, 1.807) is 30.9 Å². The molecule has 0 atom stereocenters. The van der Waals surface area contributed by atoms with E-state index in [2.05, 4.69) is 9.82 Å². The van der Waals surface area contributed by atoms with E-state index in [0.29, 0.717) is 5.56 Å². The molecule has 0 fully saturated rings. The summed E-state index contributed by atoms with van der Waals surface area (Å²) in [7, 11) is -2.24. The van der Waals surface area contributed by atoms with E-state index < -0.39 is 21.4 Å². The van der Waals surface area contributed by atoms with Crippen LogP contribution in [0.25, 0.3) is 0 Å². The number of nitrogens with zero attached hydrogens (tertiary/aromatic N) is 3. The molecule has 0 saturated carbocycles. The molecule has 1 heterocycles. The first kappa shape index (κ1) is 15.2. The van der Waals surface area contributed by atoms with Crippen molar-refractivity contribution in [2.75, 3.05) is 0 Å². The standard InChI is InChI=1S/C13H13FN4O2S/c1-9-10(7-16-18(9)2)8-17-21(19,20)13-5-3-4-12(14)11(13)6-15/h3-5,7,17H,8H2,1-2H3. The maximum atomic E-state index is 13.5. The summed E-state index contributed by atoms with van der Waals surface area (Å²) in [6.07, 6.45) is 1.55. The van der Waals surface area contributed by atoms with Gasteiger partial charge < -0.3 is 0 Å². The van der Waals surface area contributed by atoms with Gasteiger partial charge in [-0.15, -0.1) is 0 Å². The van der Waals surface area contributed by atoms with Crippen LogP contribution in [-0.2, 0) is 23.6 Å². The Morgan fingerprint density at radius 2 is 2.19 bits per heavy atom. The lowest BCUT2D eigenvalue weighted by atomic mass is 10.2. The SMILES string of the molecule is Cc1c(CNS(=O)(=O)c2cccc(F)c2C#N)cnn1C. The van der Waals surface area contributed by atoms with Gasteiger partial charge in [-0.2, -0.15) is 10.4 Å². The van der Waals surface area contributed by atoms with Crippen LogP contribution in [0.3, 0.4) is 0 Å². The number of hydrogen-bond acceptors (Lipinski definition) is 4. The van der Waals surface area contributed by atoms with Crippen molar-refractivity contribution in [1.82, 2.24) is 14.5 Å². The Bertz CT molecular complexity index is 821. The van der Waals surface area contributed by atoms with Crippen molar-refractivity contribution in [3.05, 3.63) is 47.0 Å². The van der Waals surface area contributed by atoms with Gasteiger partial charge in [0.2, 0.25) is 10.0 Å². The molecule has 0 aliphatic rings. The summed E-state index contributed by atoms with van der Waals surface area (Å²) in [5.41, 5.74) is 1.03. The minimum atomic E-state index is -3.98. The van der Waals surface area contributed by atoms with Gasteiger partial charge in [-0.3, -0.25) is 4.68 Å². The fourth-order valence-corrected chi connectivity index (χ4v) is 2.98. The zero-order chi connectivity index (χ0) is 15.6. The Hall–Kier alpha value is -2.24. The molecule has 0 amide bonds. The second-order valence-electron chi connectivity index (χ2n) is 4.43. The van der Waals surface area contributed by atoms with Gasteiger partial charge in [-0.25, -0.2) is 17.5 Å². The van der Waals surface area contributed by atoms with E-state index in [4.69, 9.17) is 5.26 Å². The highest BCUT2D eigenvalue weighted by molar-refractivity contribution is 7.89. The number of nitrogens with one attached hydrogen (secondary N) is 1. The number of sulfonamides is 1. The topological polar surface area (TPSA) is 87.8 Å². The van der Waals surface area contributed by atoms with E-state index in [0.717, 1.165) is 11.8 Å². The van der Waals surface area contributed by atoms with Crippen LogP contribution in [0, 0.1) is 24.1 Å². The predicted octanol–water partition coefficient (Wildman–Crippen LogP) is 1.22. The summed E-state index contributed by atoms with van der Waals surface area (Å²) >= 11 is 0. The average molecular weight is 308 g/mol. The number of halogens is 1. The first-order valence-electron chi connectivity index (χ1n) is 6.02. The fraction of sp³-hybridized carbons (Fsp3) is 0.231. The van der Waals surface area contributed by atoms with Gasteiger partial charge in [0.25, 0.3) is 0 Å². The van der Waals surface area contributed by atoms with Crippen molar-refractivity contribution in [3.8, 4) is 6.07 Å². The van der Waals surface area contributed by atoms with E-state index in [9.17, 15) is 12.8 Å². The molecule has 8 heteroatoms. The molecule has 2 rings (SSSR count). The zero-order valence-electron chi connectivity index (χ0n) is 11.5. The quantitative estimate of drug-likeness (QED) is 0.920.